The molecule has 0 saturated carbocycles. The van der Waals surface area contributed by atoms with E-state index in [9.17, 15) is 26.3 Å². The Balaban J connectivity index is 2.86. The van der Waals surface area contributed by atoms with Gasteiger partial charge in [0.25, 0.3) is 0 Å². The number of alkyl halides is 6. The molecule has 1 rings (SSSR count). The maximum Gasteiger partial charge on any atom is 0.416 e. The van der Waals surface area contributed by atoms with Gasteiger partial charge in [-0.2, -0.15) is 31.3 Å². The fourth-order valence-corrected chi connectivity index (χ4v) is 1.29. The molecule has 0 aromatic carbocycles. The summed E-state index contributed by atoms with van der Waals surface area (Å²) in [7, 11) is 0. The Morgan fingerprint density at radius 2 is 1.80 bits per heavy atom. The number of hydrogen-bond acceptors (Lipinski definition) is 3. The van der Waals surface area contributed by atoms with Gasteiger partial charge in [-0.15, -0.1) is 0 Å². The number of pyridine rings is 1. The van der Waals surface area contributed by atoms with Crippen LogP contribution in [0.25, 0.3) is 0 Å². The largest absolute Gasteiger partial charge is 0.477 e. The van der Waals surface area contributed by atoms with Crippen molar-refractivity contribution in [2.75, 3.05) is 18.5 Å². The fourth-order valence-electron chi connectivity index (χ4n) is 1.29. The third-order valence-corrected chi connectivity index (χ3v) is 2.12. The van der Waals surface area contributed by atoms with Gasteiger partial charge in [-0.25, -0.2) is 0 Å². The van der Waals surface area contributed by atoms with Crippen LogP contribution < -0.4 is 10.1 Å². The summed E-state index contributed by atoms with van der Waals surface area (Å²) in [5.74, 6) is -0.607. The zero-order valence-corrected chi connectivity index (χ0v) is 10.4. The molecule has 0 atom stereocenters. The predicted molar refractivity (Wildman–Crippen MR) is 59.6 cm³/mol. The van der Waals surface area contributed by atoms with E-state index in [0.29, 0.717) is 12.6 Å². The van der Waals surface area contributed by atoms with Gasteiger partial charge < -0.3 is 10.1 Å². The van der Waals surface area contributed by atoms with Gasteiger partial charge in [0.1, 0.15) is 5.82 Å². The van der Waals surface area contributed by atoms with Crippen LogP contribution in [0.5, 0.6) is 5.88 Å². The van der Waals surface area contributed by atoms with Gasteiger partial charge in [-0.05, 0) is 13.0 Å². The number of nitrogens with zero attached hydrogens (tertiary/aromatic N) is 1. The summed E-state index contributed by atoms with van der Waals surface area (Å²) in [6, 6.07) is 1.33. The number of hydrogen-bond donors (Lipinski definition) is 1. The van der Waals surface area contributed by atoms with E-state index in [1.807, 2.05) is 0 Å². The maximum absolute atomic E-state index is 12.6. The average molecular weight is 302 g/mol. The van der Waals surface area contributed by atoms with Crippen LogP contribution in [0.4, 0.5) is 32.2 Å². The van der Waals surface area contributed by atoms with Crippen LogP contribution in [0.1, 0.15) is 18.9 Å². The summed E-state index contributed by atoms with van der Waals surface area (Å²) in [6.07, 6.45) is -10.3. The van der Waals surface area contributed by atoms with E-state index in [2.05, 4.69) is 15.0 Å². The summed E-state index contributed by atoms with van der Waals surface area (Å²) in [4.78, 5) is 3.66. The van der Waals surface area contributed by atoms with Crippen molar-refractivity contribution in [3.05, 3.63) is 17.7 Å². The van der Waals surface area contributed by atoms with Crippen LogP contribution in [0.15, 0.2) is 12.1 Å². The second kappa shape index (κ2) is 6.19. The van der Waals surface area contributed by atoms with E-state index < -0.39 is 36.8 Å². The van der Waals surface area contributed by atoms with E-state index in [1.165, 1.54) is 0 Å². The van der Waals surface area contributed by atoms with Crippen LogP contribution >= 0.6 is 0 Å². The molecular weight excluding hydrogens is 290 g/mol. The van der Waals surface area contributed by atoms with Crippen molar-refractivity contribution in [1.29, 1.82) is 0 Å². The third-order valence-electron chi connectivity index (χ3n) is 2.12. The van der Waals surface area contributed by atoms with E-state index in [-0.39, 0.29) is 5.82 Å². The van der Waals surface area contributed by atoms with E-state index in [1.54, 1.807) is 6.92 Å². The van der Waals surface area contributed by atoms with Crippen LogP contribution in [-0.2, 0) is 6.18 Å². The Morgan fingerprint density at radius 3 is 2.30 bits per heavy atom. The van der Waals surface area contributed by atoms with Crippen molar-refractivity contribution in [2.24, 2.45) is 0 Å². The predicted octanol–water partition coefficient (Wildman–Crippen LogP) is 3.86. The van der Waals surface area contributed by atoms with Crippen molar-refractivity contribution in [1.82, 2.24) is 4.98 Å². The molecule has 0 saturated heterocycles. The minimum atomic E-state index is -4.63. The molecule has 1 N–H and O–H groups in total. The summed E-state index contributed by atoms with van der Waals surface area (Å²) in [5.41, 5.74) is -1.04. The molecule has 0 bridgehead atoms. The molecule has 3 nitrogen and oxygen atoms in total. The topological polar surface area (TPSA) is 34.1 Å². The standard InChI is InChI=1S/C11H12F6N2O/c1-2-18-8-5-7(11(15,16)17)6-9(19-8)20-4-3-10(12,13)14/h5-6H,2-4H2,1H3,(H,18,19). The van der Waals surface area contributed by atoms with Gasteiger partial charge in [-0.1, -0.05) is 0 Å². The molecule has 1 aromatic rings. The highest BCUT2D eigenvalue weighted by Gasteiger charge is 2.32. The van der Waals surface area contributed by atoms with Gasteiger partial charge >= 0.3 is 12.4 Å². The summed E-state index contributed by atoms with van der Waals surface area (Å²) >= 11 is 0. The molecule has 114 valence electrons. The molecule has 1 heterocycles. The lowest BCUT2D eigenvalue weighted by molar-refractivity contribution is -0.141. The van der Waals surface area contributed by atoms with E-state index >= 15 is 0 Å². The lowest BCUT2D eigenvalue weighted by Crippen LogP contribution is -2.14. The quantitative estimate of drug-likeness (QED) is 0.839. The molecule has 0 aliphatic carbocycles. The van der Waals surface area contributed by atoms with Crippen molar-refractivity contribution >= 4 is 5.82 Å². The average Bonchev–Trinajstić information content (AvgIpc) is 2.26. The number of anilines is 1. The molecule has 0 unspecified atom stereocenters. The minimum Gasteiger partial charge on any atom is -0.477 e. The molecule has 0 fully saturated rings. The normalized spacial score (nSPS) is 12.3. The highest BCUT2D eigenvalue weighted by molar-refractivity contribution is 5.42. The third kappa shape index (κ3) is 5.54. The molecule has 0 amide bonds. The first-order valence-corrected chi connectivity index (χ1v) is 5.64. The highest BCUT2D eigenvalue weighted by atomic mass is 19.4. The Kier molecular flexibility index (Phi) is 5.07. The van der Waals surface area contributed by atoms with Gasteiger partial charge in [0.2, 0.25) is 5.88 Å². The Hall–Kier alpha value is -1.67. The molecular formula is C11H12F6N2O. The molecule has 9 heteroatoms. The summed E-state index contributed by atoms with van der Waals surface area (Å²) in [5, 5.41) is 2.55. The lowest BCUT2D eigenvalue weighted by atomic mass is 10.2. The number of aromatic nitrogens is 1. The number of halogens is 6. The van der Waals surface area contributed by atoms with Gasteiger partial charge in [0.15, 0.2) is 0 Å². The highest BCUT2D eigenvalue weighted by Crippen LogP contribution is 2.32. The smallest absolute Gasteiger partial charge is 0.416 e. The van der Waals surface area contributed by atoms with E-state index in [0.717, 1.165) is 6.07 Å². The van der Waals surface area contributed by atoms with Crippen molar-refractivity contribution < 1.29 is 31.1 Å². The lowest BCUT2D eigenvalue weighted by Gasteiger charge is -2.13. The zero-order chi connectivity index (χ0) is 15.4. The second-order valence-electron chi connectivity index (χ2n) is 3.82. The number of ether oxygens (including phenoxy) is 1. The Bertz CT molecular complexity index is 444. The van der Waals surface area contributed by atoms with Crippen molar-refractivity contribution in [2.45, 2.75) is 25.7 Å². The first-order chi connectivity index (χ1) is 9.12. The molecule has 0 aliphatic rings. The van der Waals surface area contributed by atoms with Gasteiger partial charge in [0.05, 0.1) is 18.6 Å². The maximum atomic E-state index is 12.6. The monoisotopic (exact) mass is 302 g/mol. The first-order valence-electron chi connectivity index (χ1n) is 5.64. The molecule has 0 aliphatic heterocycles. The summed E-state index contributed by atoms with van der Waals surface area (Å²) in [6.45, 7) is 1.17. The molecule has 0 radical (unpaired) electrons. The zero-order valence-electron chi connectivity index (χ0n) is 10.4. The fraction of sp³-hybridized carbons (Fsp3) is 0.545. The van der Waals surface area contributed by atoms with Gasteiger partial charge in [-0.3, -0.25) is 0 Å². The van der Waals surface area contributed by atoms with Crippen molar-refractivity contribution in [3.63, 3.8) is 0 Å². The minimum absolute atomic E-state index is 0.107. The summed E-state index contributed by atoms with van der Waals surface area (Å²) < 4.78 is 78.3. The molecule has 1 aromatic heterocycles. The SMILES string of the molecule is CCNc1cc(C(F)(F)F)cc(OCCC(F)(F)F)n1. The Labute approximate surface area is 110 Å². The van der Waals surface area contributed by atoms with Crippen LogP contribution in [0, 0.1) is 0 Å². The Morgan fingerprint density at radius 1 is 1.15 bits per heavy atom. The van der Waals surface area contributed by atoms with Crippen LogP contribution in [0.3, 0.4) is 0 Å². The van der Waals surface area contributed by atoms with Crippen LogP contribution in [-0.4, -0.2) is 24.3 Å². The molecule has 0 spiro atoms. The number of rotatable bonds is 5. The first kappa shape index (κ1) is 16.4. The van der Waals surface area contributed by atoms with Crippen molar-refractivity contribution in [3.8, 4) is 5.88 Å². The number of nitrogens with one attached hydrogen (secondary N) is 1. The second-order valence-corrected chi connectivity index (χ2v) is 3.82. The van der Waals surface area contributed by atoms with Gasteiger partial charge in [0, 0.05) is 12.6 Å². The van der Waals surface area contributed by atoms with Crippen LogP contribution in [0.2, 0.25) is 0 Å². The van der Waals surface area contributed by atoms with E-state index in [4.69, 9.17) is 0 Å². The molecule has 20 heavy (non-hydrogen) atoms.